The molecule has 0 aliphatic carbocycles. The van der Waals surface area contributed by atoms with Crippen LogP contribution >= 0.6 is 11.3 Å². The summed E-state index contributed by atoms with van der Waals surface area (Å²) in [6, 6.07) is 14.2. The second-order valence-corrected chi connectivity index (χ2v) is 6.10. The third-order valence-corrected chi connectivity index (χ3v) is 4.59. The lowest BCUT2D eigenvalue weighted by atomic mass is 10.1. The van der Waals surface area contributed by atoms with Crippen molar-refractivity contribution in [2.24, 2.45) is 0 Å². The van der Waals surface area contributed by atoms with Crippen LogP contribution in [0.5, 0.6) is 0 Å². The van der Waals surface area contributed by atoms with Gasteiger partial charge in [-0.15, -0.1) is 0 Å². The molecule has 0 unspecified atom stereocenters. The maximum absolute atomic E-state index is 12.4. The highest BCUT2D eigenvalue weighted by Crippen LogP contribution is 2.18. The van der Waals surface area contributed by atoms with Crippen LogP contribution in [0, 0.1) is 0 Å². The van der Waals surface area contributed by atoms with Crippen LogP contribution in [-0.4, -0.2) is 23.8 Å². The second kappa shape index (κ2) is 6.18. The highest BCUT2D eigenvalue weighted by atomic mass is 32.1. The monoisotopic (exact) mass is 326 g/mol. The minimum Gasteiger partial charge on any atom is -0.318 e. The third-order valence-electron chi connectivity index (χ3n) is 3.63. The molecular weight excluding hydrogens is 312 g/mol. The van der Waals surface area contributed by atoms with Gasteiger partial charge in [0.05, 0.1) is 16.8 Å². The summed E-state index contributed by atoms with van der Waals surface area (Å²) in [6.45, 7) is 0.00567. The smallest absolute Gasteiger partial charge is 0.308 e. The summed E-state index contributed by atoms with van der Waals surface area (Å²) >= 11 is 1.13. The highest BCUT2D eigenvalue weighted by Gasteiger charge is 2.13. The predicted molar refractivity (Wildman–Crippen MR) is 91.3 cm³/mol. The van der Waals surface area contributed by atoms with Crippen LogP contribution in [0.25, 0.3) is 10.2 Å². The summed E-state index contributed by atoms with van der Waals surface area (Å²) in [6.07, 6.45) is 0.702. The van der Waals surface area contributed by atoms with E-state index in [0.717, 1.165) is 21.6 Å². The summed E-state index contributed by atoms with van der Waals surface area (Å²) in [5.41, 5.74) is 1.98. The lowest BCUT2D eigenvalue weighted by Gasteiger charge is -2.11. The van der Waals surface area contributed by atoms with Crippen LogP contribution in [0.4, 0.5) is 5.69 Å². The standard InChI is InChI=1S/C17H14N2O3S/c1-18(11-20)13-8-6-12(7-9-13)15(21)10-19-14-4-2-3-5-16(14)23-17(19)22/h2-9,11H,10H2,1H3. The number of para-hydroxylation sites is 1. The lowest BCUT2D eigenvalue weighted by molar-refractivity contribution is -0.107. The van der Waals surface area contributed by atoms with E-state index < -0.39 is 0 Å². The van der Waals surface area contributed by atoms with Crippen LogP contribution < -0.4 is 9.77 Å². The molecule has 23 heavy (non-hydrogen) atoms. The second-order valence-electron chi connectivity index (χ2n) is 5.11. The van der Waals surface area contributed by atoms with Crippen molar-refractivity contribution in [2.45, 2.75) is 6.54 Å². The molecule has 0 N–H and O–H groups in total. The first-order valence-electron chi connectivity index (χ1n) is 7.00. The number of benzene rings is 2. The molecule has 1 amide bonds. The number of anilines is 1. The first kappa shape index (κ1) is 15.2. The quantitative estimate of drug-likeness (QED) is 0.535. The summed E-state index contributed by atoms with van der Waals surface area (Å²) in [4.78, 5) is 36.5. The first-order valence-corrected chi connectivity index (χ1v) is 7.81. The van der Waals surface area contributed by atoms with Crippen LogP contribution in [-0.2, 0) is 11.3 Å². The molecule has 0 spiro atoms. The van der Waals surface area contributed by atoms with Gasteiger partial charge in [-0.25, -0.2) is 0 Å². The molecule has 0 radical (unpaired) electrons. The lowest BCUT2D eigenvalue weighted by Crippen LogP contribution is -2.19. The number of carbonyl (C=O) groups excluding carboxylic acids is 2. The van der Waals surface area contributed by atoms with E-state index in [9.17, 15) is 14.4 Å². The molecule has 0 saturated carbocycles. The zero-order chi connectivity index (χ0) is 16.4. The van der Waals surface area contributed by atoms with E-state index in [-0.39, 0.29) is 17.2 Å². The van der Waals surface area contributed by atoms with Gasteiger partial charge >= 0.3 is 4.87 Å². The topological polar surface area (TPSA) is 59.4 Å². The van der Waals surface area contributed by atoms with E-state index in [2.05, 4.69) is 0 Å². The fourth-order valence-corrected chi connectivity index (χ4v) is 3.23. The molecule has 1 aromatic heterocycles. The Morgan fingerprint density at radius 1 is 1.17 bits per heavy atom. The Balaban J connectivity index is 1.87. The van der Waals surface area contributed by atoms with Crippen molar-refractivity contribution in [1.82, 2.24) is 4.57 Å². The van der Waals surface area contributed by atoms with Crippen molar-refractivity contribution in [3.63, 3.8) is 0 Å². The van der Waals surface area contributed by atoms with Gasteiger partial charge in [-0.1, -0.05) is 23.5 Å². The molecule has 0 fully saturated rings. The van der Waals surface area contributed by atoms with Crippen molar-refractivity contribution in [1.29, 1.82) is 0 Å². The Kier molecular flexibility index (Phi) is 4.08. The maximum atomic E-state index is 12.4. The van der Waals surface area contributed by atoms with Crippen molar-refractivity contribution >= 4 is 39.4 Å². The van der Waals surface area contributed by atoms with Gasteiger partial charge in [0.2, 0.25) is 6.41 Å². The Labute approximate surface area is 136 Å². The van der Waals surface area contributed by atoms with Crippen LogP contribution in [0.15, 0.2) is 53.3 Å². The Morgan fingerprint density at radius 3 is 2.57 bits per heavy atom. The zero-order valence-electron chi connectivity index (χ0n) is 12.4. The fourth-order valence-electron chi connectivity index (χ4n) is 2.34. The molecule has 0 saturated heterocycles. The Morgan fingerprint density at radius 2 is 1.87 bits per heavy atom. The molecule has 2 aromatic carbocycles. The highest BCUT2D eigenvalue weighted by molar-refractivity contribution is 7.16. The number of hydrogen-bond acceptors (Lipinski definition) is 4. The molecule has 116 valence electrons. The maximum Gasteiger partial charge on any atom is 0.308 e. The average Bonchev–Trinajstić information content (AvgIpc) is 2.90. The number of hydrogen-bond donors (Lipinski definition) is 0. The van der Waals surface area contributed by atoms with Crippen LogP contribution in [0.1, 0.15) is 10.4 Å². The molecule has 0 aliphatic rings. The van der Waals surface area contributed by atoms with Gasteiger partial charge in [0.25, 0.3) is 0 Å². The molecule has 3 aromatic rings. The van der Waals surface area contributed by atoms with Crippen molar-refractivity contribution in [3.05, 3.63) is 63.8 Å². The average molecular weight is 326 g/mol. The molecule has 0 bridgehead atoms. The van der Waals surface area contributed by atoms with Gasteiger partial charge in [-0.3, -0.25) is 19.0 Å². The number of fused-ring (bicyclic) bond motifs is 1. The van der Waals surface area contributed by atoms with E-state index in [1.165, 1.54) is 9.47 Å². The molecule has 5 nitrogen and oxygen atoms in total. The van der Waals surface area contributed by atoms with Crippen LogP contribution in [0.3, 0.4) is 0 Å². The van der Waals surface area contributed by atoms with E-state index in [4.69, 9.17) is 0 Å². The number of aromatic nitrogens is 1. The number of carbonyl (C=O) groups is 2. The van der Waals surface area contributed by atoms with Gasteiger partial charge in [-0.2, -0.15) is 0 Å². The number of thiazole rings is 1. The molecular formula is C17H14N2O3S. The predicted octanol–water partition coefficient (Wildman–Crippen LogP) is 2.54. The van der Waals surface area contributed by atoms with Crippen molar-refractivity contribution in [3.8, 4) is 0 Å². The minimum atomic E-state index is -0.143. The molecule has 0 atom stereocenters. The van der Waals surface area contributed by atoms with Crippen molar-refractivity contribution < 1.29 is 9.59 Å². The van der Waals surface area contributed by atoms with E-state index in [1.807, 2.05) is 24.3 Å². The van der Waals surface area contributed by atoms with Crippen molar-refractivity contribution in [2.75, 3.05) is 11.9 Å². The largest absolute Gasteiger partial charge is 0.318 e. The number of nitrogens with zero attached hydrogens (tertiary/aromatic N) is 2. The molecule has 3 rings (SSSR count). The molecule has 0 aliphatic heterocycles. The van der Waals surface area contributed by atoms with E-state index in [1.54, 1.807) is 31.3 Å². The minimum absolute atomic E-state index is 0.00567. The molecule has 1 heterocycles. The number of Topliss-reactive ketones (excluding diaryl/α,β-unsaturated/α-hetero) is 1. The first-order chi connectivity index (χ1) is 11.1. The Hall–Kier alpha value is -2.73. The SMILES string of the molecule is CN(C=O)c1ccc(C(=O)Cn2c(=O)sc3ccccc32)cc1. The fraction of sp³-hybridized carbons (Fsp3) is 0.118. The van der Waals surface area contributed by atoms with Gasteiger partial charge in [0.15, 0.2) is 5.78 Å². The Bertz CT molecular complexity index is 925. The summed E-state index contributed by atoms with van der Waals surface area (Å²) in [5, 5.41) is 0. The number of ketones is 1. The van der Waals surface area contributed by atoms with E-state index >= 15 is 0 Å². The normalized spacial score (nSPS) is 10.7. The third kappa shape index (κ3) is 2.93. The summed E-state index contributed by atoms with van der Waals surface area (Å²) < 4.78 is 2.36. The summed E-state index contributed by atoms with van der Waals surface area (Å²) in [5.74, 6) is -0.143. The van der Waals surface area contributed by atoms with Gasteiger partial charge in [-0.05, 0) is 36.4 Å². The van der Waals surface area contributed by atoms with E-state index in [0.29, 0.717) is 17.7 Å². The van der Waals surface area contributed by atoms with Gasteiger partial charge in [0, 0.05) is 18.3 Å². The van der Waals surface area contributed by atoms with Crippen LogP contribution in [0.2, 0.25) is 0 Å². The number of rotatable bonds is 5. The number of amides is 1. The van der Waals surface area contributed by atoms with Gasteiger partial charge < -0.3 is 4.90 Å². The summed E-state index contributed by atoms with van der Waals surface area (Å²) in [7, 11) is 1.64. The molecule has 6 heteroatoms. The van der Waals surface area contributed by atoms with Gasteiger partial charge in [0.1, 0.15) is 0 Å². The zero-order valence-corrected chi connectivity index (χ0v) is 13.2.